The highest BCUT2D eigenvalue weighted by atomic mass is 32.1. The van der Waals surface area contributed by atoms with Crippen molar-refractivity contribution in [2.75, 3.05) is 32.1 Å². The third-order valence-corrected chi connectivity index (χ3v) is 4.89. The summed E-state index contributed by atoms with van der Waals surface area (Å²) in [5, 5.41) is 6.96. The Hall–Kier alpha value is -1.99. The van der Waals surface area contributed by atoms with E-state index in [0.29, 0.717) is 0 Å². The molecule has 1 saturated heterocycles. The Balaban J connectivity index is 1.46. The van der Waals surface area contributed by atoms with Crippen LogP contribution in [0.3, 0.4) is 0 Å². The fourth-order valence-corrected chi connectivity index (χ4v) is 3.45. The largest absolute Gasteiger partial charge is 0.349 e. The number of piperidine rings is 1. The van der Waals surface area contributed by atoms with Gasteiger partial charge in [-0.15, -0.1) is 0 Å². The SMILES string of the molecule is CN(C)c1ncc(CN2CCC(NC(=O)c3ccsc3)CC2)cn1. The summed E-state index contributed by atoms with van der Waals surface area (Å²) >= 11 is 1.55. The highest BCUT2D eigenvalue weighted by Gasteiger charge is 2.21. The van der Waals surface area contributed by atoms with E-state index in [2.05, 4.69) is 20.2 Å². The van der Waals surface area contributed by atoms with Gasteiger partial charge in [0.25, 0.3) is 5.91 Å². The van der Waals surface area contributed by atoms with Crippen LogP contribution in [-0.4, -0.2) is 54.0 Å². The van der Waals surface area contributed by atoms with E-state index in [1.807, 2.05) is 48.2 Å². The van der Waals surface area contributed by atoms with Crippen molar-refractivity contribution in [3.05, 3.63) is 40.3 Å². The molecule has 1 amide bonds. The fourth-order valence-electron chi connectivity index (χ4n) is 2.82. The summed E-state index contributed by atoms with van der Waals surface area (Å²) in [6.45, 7) is 2.81. The third kappa shape index (κ3) is 4.30. The predicted octanol–water partition coefficient (Wildman–Crippen LogP) is 2.00. The van der Waals surface area contributed by atoms with Crippen molar-refractivity contribution in [2.24, 2.45) is 0 Å². The molecule has 7 heteroatoms. The lowest BCUT2D eigenvalue weighted by Gasteiger charge is -2.32. The zero-order valence-electron chi connectivity index (χ0n) is 14.1. The molecule has 6 nitrogen and oxygen atoms in total. The lowest BCUT2D eigenvalue weighted by molar-refractivity contribution is 0.0909. The molecule has 0 spiro atoms. The molecule has 1 fully saturated rings. The number of carbonyl (C=O) groups is 1. The lowest BCUT2D eigenvalue weighted by Crippen LogP contribution is -2.44. The maximum absolute atomic E-state index is 12.1. The van der Waals surface area contributed by atoms with Crippen LogP contribution >= 0.6 is 11.3 Å². The number of thiophene rings is 1. The van der Waals surface area contributed by atoms with Gasteiger partial charge < -0.3 is 10.2 Å². The third-order valence-electron chi connectivity index (χ3n) is 4.20. The van der Waals surface area contributed by atoms with Crippen molar-refractivity contribution in [3.8, 4) is 0 Å². The van der Waals surface area contributed by atoms with Gasteiger partial charge in [-0.3, -0.25) is 9.69 Å². The molecule has 0 aromatic carbocycles. The number of nitrogens with one attached hydrogen (secondary N) is 1. The number of carbonyl (C=O) groups excluding carboxylic acids is 1. The van der Waals surface area contributed by atoms with Crippen molar-refractivity contribution >= 4 is 23.2 Å². The van der Waals surface area contributed by atoms with Gasteiger partial charge in [0.2, 0.25) is 5.95 Å². The van der Waals surface area contributed by atoms with E-state index in [1.165, 1.54) is 0 Å². The Morgan fingerprint density at radius 1 is 1.33 bits per heavy atom. The van der Waals surface area contributed by atoms with Crippen molar-refractivity contribution in [3.63, 3.8) is 0 Å². The quantitative estimate of drug-likeness (QED) is 0.898. The molecule has 2 aromatic rings. The first kappa shape index (κ1) is 16.9. The molecule has 1 aliphatic rings. The molecular weight excluding hydrogens is 322 g/mol. The average molecular weight is 345 g/mol. The molecule has 3 rings (SSSR count). The van der Waals surface area contributed by atoms with E-state index in [9.17, 15) is 4.79 Å². The Morgan fingerprint density at radius 3 is 2.62 bits per heavy atom. The Labute approximate surface area is 146 Å². The highest BCUT2D eigenvalue weighted by molar-refractivity contribution is 7.08. The van der Waals surface area contributed by atoms with Gasteiger partial charge in [-0.2, -0.15) is 11.3 Å². The number of nitrogens with zero attached hydrogens (tertiary/aromatic N) is 4. The second kappa shape index (κ2) is 7.72. The molecule has 0 unspecified atom stereocenters. The first-order valence-electron chi connectivity index (χ1n) is 8.15. The molecule has 0 atom stereocenters. The predicted molar refractivity (Wildman–Crippen MR) is 96.4 cm³/mol. The maximum Gasteiger partial charge on any atom is 0.252 e. The van der Waals surface area contributed by atoms with E-state index in [4.69, 9.17) is 0 Å². The summed E-state index contributed by atoms with van der Waals surface area (Å²) in [5.41, 5.74) is 1.89. The van der Waals surface area contributed by atoms with Gasteiger partial charge in [0.1, 0.15) is 0 Å². The van der Waals surface area contributed by atoms with Crippen LogP contribution in [0.1, 0.15) is 28.8 Å². The second-order valence-electron chi connectivity index (χ2n) is 6.32. The summed E-state index contributed by atoms with van der Waals surface area (Å²) in [7, 11) is 3.87. The molecule has 1 N–H and O–H groups in total. The van der Waals surface area contributed by atoms with Crippen LogP contribution in [0, 0.1) is 0 Å². The smallest absolute Gasteiger partial charge is 0.252 e. The van der Waals surface area contributed by atoms with Crippen LogP contribution in [0.15, 0.2) is 29.2 Å². The van der Waals surface area contributed by atoms with E-state index < -0.39 is 0 Å². The van der Waals surface area contributed by atoms with Crippen LogP contribution in [0.5, 0.6) is 0 Å². The molecule has 128 valence electrons. The second-order valence-corrected chi connectivity index (χ2v) is 7.10. The molecule has 2 aromatic heterocycles. The monoisotopic (exact) mass is 345 g/mol. The van der Waals surface area contributed by atoms with Crippen LogP contribution < -0.4 is 10.2 Å². The van der Waals surface area contributed by atoms with Gasteiger partial charge >= 0.3 is 0 Å². The minimum absolute atomic E-state index is 0.0439. The first-order chi connectivity index (χ1) is 11.6. The zero-order chi connectivity index (χ0) is 16.9. The normalized spacial score (nSPS) is 16.1. The zero-order valence-corrected chi connectivity index (χ0v) is 14.9. The van der Waals surface area contributed by atoms with E-state index in [1.54, 1.807) is 11.3 Å². The molecule has 0 bridgehead atoms. The molecule has 24 heavy (non-hydrogen) atoms. The highest BCUT2D eigenvalue weighted by Crippen LogP contribution is 2.15. The van der Waals surface area contributed by atoms with Gasteiger partial charge in [0.15, 0.2) is 0 Å². The first-order valence-corrected chi connectivity index (χ1v) is 9.10. The van der Waals surface area contributed by atoms with Gasteiger partial charge in [-0.25, -0.2) is 9.97 Å². The summed E-state index contributed by atoms with van der Waals surface area (Å²) < 4.78 is 0. The minimum atomic E-state index is 0.0439. The summed E-state index contributed by atoms with van der Waals surface area (Å²) in [4.78, 5) is 25.1. The summed E-state index contributed by atoms with van der Waals surface area (Å²) in [5.74, 6) is 0.774. The van der Waals surface area contributed by atoms with Crippen molar-refractivity contribution < 1.29 is 4.79 Å². The molecule has 0 aliphatic carbocycles. The average Bonchev–Trinajstić information content (AvgIpc) is 3.12. The molecule has 0 radical (unpaired) electrons. The van der Waals surface area contributed by atoms with E-state index in [0.717, 1.165) is 49.6 Å². The van der Waals surface area contributed by atoms with Crippen LogP contribution in [0.4, 0.5) is 5.95 Å². The van der Waals surface area contributed by atoms with Crippen molar-refractivity contribution in [2.45, 2.75) is 25.4 Å². The number of hydrogen-bond donors (Lipinski definition) is 1. The number of likely N-dealkylation sites (tertiary alicyclic amines) is 1. The van der Waals surface area contributed by atoms with Crippen molar-refractivity contribution in [1.82, 2.24) is 20.2 Å². The van der Waals surface area contributed by atoms with Gasteiger partial charge in [0.05, 0.1) is 0 Å². The molecule has 3 heterocycles. The standard InChI is InChI=1S/C17H23N5OS/c1-21(2)17-18-9-13(10-19-17)11-22-6-3-15(4-7-22)20-16(23)14-5-8-24-12-14/h5,8-10,12,15H,3-4,6-7,11H2,1-2H3,(H,20,23). The number of anilines is 1. The topological polar surface area (TPSA) is 61.4 Å². The van der Waals surface area contributed by atoms with Crippen LogP contribution in [0.2, 0.25) is 0 Å². The number of aromatic nitrogens is 2. The molecule has 1 aliphatic heterocycles. The summed E-state index contributed by atoms with van der Waals surface area (Å²) in [6.07, 6.45) is 5.75. The van der Waals surface area contributed by atoms with Gasteiger partial charge in [-0.1, -0.05) is 0 Å². The number of amides is 1. The Bertz CT molecular complexity index is 648. The van der Waals surface area contributed by atoms with Crippen LogP contribution in [0.25, 0.3) is 0 Å². The van der Waals surface area contributed by atoms with E-state index >= 15 is 0 Å². The van der Waals surface area contributed by atoms with Crippen molar-refractivity contribution in [1.29, 1.82) is 0 Å². The Morgan fingerprint density at radius 2 is 2.04 bits per heavy atom. The molecule has 0 saturated carbocycles. The molecular formula is C17H23N5OS. The summed E-state index contributed by atoms with van der Waals surface area (Å²) in [6, 6.07) is 2.13. The Kier molecular flexibility index (Phi) is 5.42. The number of hydrogen-bond acceptors (Lipinski definition) is 6. The lowest BCUT2D eigenvalue weighted by atomic mass is 10.0. The van der Waals surface area contributed by atoms with Gasteiger partial charge in [0, 0.05) is 68.7 Å². The van der Waals surface area contributed by atoms with E-state index in [-0.39, 0.29) is 11.9 Å². The minimum Gasteiger partial charge on any atom is -0.349 e. The van der Waals surface area contributed by atoms with Crippen LogP contribution in [-0.2, 0) is 6.54 Å². The number of rotatable bonds is 5. The fraction of sp³-hybridized carbons (Fsp3) is 0.471. The van der Waals surface area contributed by atoms with Gasteiger partial charge in [-0.05, 0) is 24.3 Å². The maximum atomic E-state index is 12.1.